The normalized spacial score (nSPS) is 12.4. The molecule has 3 rings (SSSR count). The second-order valence-corrected chi connectivity index (χ2v) is 6.40. The first-order valence-electron chi connectivity index (χ1n) is 8.21. The lowest BCUT2D eigenvalue weighted by Crippen LogP contribution is -2.36. The largest absolute Gasteiger partial charge is 0.573 e. The Morgan fingerprint density at radius 1 is 1.30 bits per heavy atom. The number of para-hydroxylation sites is 1. The van der Waals surface area contributed by atoms with Crippen LogP contribution < -0.4 is 15.4 Å². The Balaban J connectivity index is 1.67. The molecule has 0 aliphatic rings. The lowest BCUT2D eigenvalue weighted by molar-refractivity contribution is -0.274. The number of nitrogens with one attached hydrogen (secondary N) is 2. The highest BCUT2D eigenvalue weighted by Gasteiger charge is 2.31. The number of alkyl halides is 3. The van der Waals surface area contributed by atoms with Crippen LogP contribution in [0.2, 0.25) is 0 Å². The average molecular weight is 397 g/mol. The number of halogens is 3. The number of ether oxygens (including phenoxy) is 1. The second kappa shape index (κ2) is 8.30. The molecule has 0 fully saturated rings. The maximum absolute atomic E-state index is 12.5. The highest BCUT2D eigenvalue weighted by molar-refractivity contribution is 7.15. The third-order valence-corrected chi connectivity index (χ3v) is 4.30. The summed E-state index contributed by atoms with van der Waals surface area (Å²) in [7, 11) is 0. The third-order valence-electron chi connectivity index (χ3n) is 3.53. The minimum Gasteiger partial charge on any atom is -0.405 e. The molecule has 2 N–H and O–H groups in total. The van der Waals surface area contributed by atoms with E-state index in [1.807, 2.05) is 29.1 Å². The van der Waals surface area contributed by atoms with Crippen molar-refractivity contribution in [3.8, 4) is 5.75 Å². The Hall–Kier alpha value is -2.75. The van der Waals surface area contributed by atoms with E-state index in [1.165, 1.54) is 23.5 Å². The van der Waals surface area contributed by atoms with Gasteiger partial charge in [-0.05, 0) is 13.0 Å². The molecule has 10 heteroatoms. The van der Waals surface area contributed by atoms with Crippen LogP contribution in [0.1, 0.15) is 18.2 Å². The molecule has 0 bridgehead atoms. The molecule has 0 saturated heterocycles. The molecule has 0 saturated carbocycles. The zero-order valence-electron chi connectivity index (χ0n) is 14.5. The van der Waals surface area contributed by atoms with Crippen molar-refractivity contribution in [3.63, 3.8) is 0 Å². The van der Waals surface area contributed by atoms with Crippen LogP contribution in [0, 0.1) is 0 Å². The number of aliphatic imine (C=N–C) groups is 1. The van der Waals surface area contributed by atoms with Crippen LogP contribution in [0.15, 0.2) is 47.0 Å². The van der Waals surface area contributed by atoms with Gasteiger partial charge >= 0.3 is 6.36 Å². The summed E-state index contributed by atoms with van der Waals surface area (Å²) < 4.78 is 43.5. The highest BCUT2D eigenvalue weighted by Crippen LogP contribution is 2.26. The van der Waals surface area contributed by atoms with Crippen LogP contribution in [-0.2, 0) is 13.1 Å². The summed E-state index contributed by atoms with van der Waals surface area (Å²) in [6, 6.07) is 5.96. The van der Waals surface area contributed by atoms with Crippen molar-refractivity contribution in [2.75, 3.05) is 6.54 Å². The molecule has 6 nitrogen and oxygen atoms in total. The first-order chi connectivity index (χ1) is 12.9. The number of hydrogen-bond acceptors (Lipinski definition) is 4. The fourth-order valence-corrected chi connectivity index (χ4v) is 3.12. The summed E-state index contributed by atoms with van der Waals surface area (Å²) in [6.07, 6.45) is -0.904. The van der Waals surface area contributed by atoms with Crippen molar-refractivity contribution in [2.24, 2.45) is 4.99 Å². The van der Waals surface area contributed by atoms with Gasteiger partial charge in [0.25, 0.3) is 0 Å². The lowest BCUT2D eigenvalue weighted by atomic mass is 10.2. The zero-order valence-corrected chi connectivity index (χ0v) is 15.3. The smallest absolute Gasteiger partial charge is 0.405 e. The van der Waals surface area contributed by atoms with Gasteiger partial charge in [-0.1, -0.05) is 18.2 Å². The van der Waals surface area contributed by atoms with Crippen LogP contribution in [0.4, 0.5) is 13.2 Å². The number of guanidine groups is 1. The first kappa shape index (κ1) is 19.0. The SMILES string of the molecule is CCNC(=NCc1ccccc1OC(F)(F)F)NCc1cn2ccsc2n1. The minimum atomic E-state index is -4.74. The van der Waals surface area contributed by atoms with E-state index < -0.39 is 6.36 Å². The zero-order chi connectivity index (χ0) is 19.3. The predicted octanol–water partition coefficient (Wildman–Crippen LogP) is 3.55. The topological polar surface area (TPSA) is 63.0 Å². The molecule has 0 spiro atoms. The Kier molecular flexibility index (Phi) is 5.84. The number of thiazole rings is 1. The van der Waals surface area contributed by atoms with Crippen LogP contribution in [0.3, 0.4) is 0 Å². The fraction of sp³-hybridized carbons (Fsp3) is 0.294. The van der Waals surface area contributed by atoms with Gasteiger partial charge in [0.15, 0.2) is 10.9 Å². The van der Waals surface area contributed by atoms with E-state index in [4.69, 9.17) is 0 Å². The summed E-state index contributed by atoms with van der Waals surface area (Å²) in [6.45, 7) is 3.01. The summed E-state index contributed by atoms with van der Waals surface area (Å²) in [4.78, 5) is 9.71. The maximum Gasteiger partial charge on any atom is 0.573 e. The number of hydrogen-bond donors (Lipinski definition) is 2. The number of rotatable bonds is 6. The van der Waals surface area contributed by atoms with Crippen molar-refractivity contribution in [1.29, 1.82) is 0 Å². The third kappa shape index (κ3) is 5.36. The molecule has 0 aliphatic carbocycles. The van der Waals surface area contributed by atoms with Crippen LogP contribution >= 0.6 is 11.3 Å². The van der Waals surface area contributed by atoms with Crippen LogP contribution in [0.5, 0.6) is 5.75 Å². The summed E-state index contributed by atoms with van der Waals surface area (Å²) >= 11 is 1.54. The molecule has 0 amide bonds. The Bertz CT molecular complexity index is 890. The lowest BCUT2D eigenvalue weighted by Gasteiger charge is -2.13. The van der Waals surface area contributed by atoms with Gasteiger partial charge in [0.2, 0.25) is 0 Å². The molecule has 27 heavy (non-hydrogen) atoms. The molecular formula is C17H18F3N5OS. The van der Waals surface area contributed by atoms with Gasteiger partial charge in [0.05, 0.1) is 18.8 Å². The first-order valence-corrected chi connectivity index (χ1v) is 9.09. The number of nitrogens with zero attached hydrogens (tertiary/aromatic N) is 3. The molecule has 3 aromatic rings. The van der Waals surface area contributed by atoms with Gasteiger partial charge in [-0.25, -0.2) is 9.98 Å². The van der Waals surface area contributed by atoms with E-state index in [2.05, 4.69) is 25.3 Å². The van der Waals surface area contributed by atoms with Crippen molar-refractivity contribution >= 4 is 22.3 Å². The summed E-state index contributed by atoms with van der Waals surface area (Å²) in [5.74, 6) is 0.231. The van der Waals surface area contributed by atoms with Crippen molar-refractivity contribution < 1.29 is 17.9 Å². The van der Waals surface area contributed by atoms with E-state index in [0.717, 1.165) is 10.7 Å². The molecule has 1 aromatic carbocycles. The summed E-state index contributed by atoms with van der Waals surface area (Å²) in [5.41, 5.74) is 1.18. The molecule has 2 aromatic heterocycles. The van der Waals surface area contributed by atoms with E-state index in [1.54, 1.807) is 12.1 Å². The van der Waals surface area contributed by atoms with Gasteiger partial charge < -0.3 is 15.4 Å². The molecule has 0 aliphatic heterocycles. The second-order valence-electron chi connectivity index (χ2n) is 5.53. The number of fused-ring (bicyclic) bond motifs is 1. The van der Waals surface area contributed by atoms with Crippen LogP contribution in [-0.4, -0.2) is 28.3 Å². The Labute approximate surface area is 157 Å². The van der Waals surface area contributed by atoms with Crippen molar-refractivity contribution in [3.05, 3.63) is 53.3 Å². The average Bonchev–Trinajstić information content (AvgIpc) is 3.18. The molecule has 0 radical (unpaired) electrons. The van der Waals surface area contributed by atoms with E-state index in [9.17, 15) is 13.2 Å². The predicted molar refractivity (Wildman–Crippen MR) is 97.8 cm³/mol. The molecule has 144 valence electrons. The van der Waals surface area contributed by atoms with Gasteiger partial charge in [0, 0.05) is 29.9 Å². The van der Waals surface area contributed by atoms with Crippen LogP contribution in [0.25, 0.3) is 4.96 Å². The van der Waals surface area contributed by atoms with E-state index in [-0.39, 0.29) is 12.3 Å². The van der Waals surface area contributed by atoms with Gasteiger partial charge in [0.1, 0.15) is 5.75 Å². The summed E-state index contributed by atoms with van der Waals surface area (Å²) in [5, 5.41) is 8.14. The fourth-order valence-electron chi connectivity index (χ4n) is 2.40. The van der Waals surface area contributed by atoms with Gasteiger partial charge in [-0.3, -0.25) is 4.40 Å². The highest BCUT2D eigenvalue weighted by atomic mass is 32.1. The number of benzene rings is 1. The molecular weight excluding hydrogens is 379 g/mol. The number of aromatic nitrogens is 2. The van der Waals surface area contributed by atoms with E-state index in [0.29, 0.717) is 24.6 Å². The van der Waals surface area contributed by atoms with Gasteiger partial charge in [-0.2, -0.15) is 0 Å². The maximum atomic E-state index is 12.5. The quantitative estimate of drug-likeness (QED) is 0.493. The van der Waals surface area contributed by atoms with Gasteiger partial charge in [-0.15, -0.1) is 24.5 Å². The molecule has 0 atom stereocenters. The monoisotopic (exact) mass is 397 g/mol. The van der Waals surface area contributed by atoms with Crippen molar-refractivity contribution in [1.82, 2.24) is 20.0 Å². The van der Waals surface area contributed by atoms with E-state index >= 15 is 0 Å². The Morgan fingerprint density at radius 2 is 2.11 bits per heavy atom. The Morgan fingerprint density at radius 3 is 2.85 bits per heavy atom. The molecule has 2 heterocycles. The molecule has 0 unspecified atom stereocenters. The number of imidazole rings is 1. The minimum absolute atomic E-state index is 0.0415. The standard InChI is InChI=1S/C17H18F3N5OS/c1-2-21-15(23-10-13-11-25-7-8-27-16(25)24-13)22-9-12-5-3-4-6-14(12)26-17(18,19)20/h3-8,11H,2,9-10H2,1H3,(H2,21,22,23). The van der Waals surface area contributed by atoms with Crippen molar-refractivity contribution in [2.45, 2.75) is 26.4 Å².